The monoisotopic (exact) mass is 696 g/mol. The molecule has 1 aliphatic heterocycles. The van der Waals surface area contributed by atoms with Crippen molar-refractivity contribution in [2.75, 3.05) is 52.4 Å². The lowest BCUT2D eigenvalue weighted by Crippen LogP contribution is -2.47. The van der Waals surface area contributed by atoms with Crippen LogP contribution in [0.1, 0.15) is 65.5 Å². The second kappa shape index (κ2) is 17.3. The van der Waals surface area contributed by atoms with Crippen LogP contribution in [0.15, 0.2) is 48.5 Å². The number of hydrogen-bond acceptors (Lipinski definition) is 6. The van der Waals surface area contributed by atoms with Gasteiger partial charge in [0, 0.05) is 39.3 Å². The van der Waals surface area contributed by atoms with Crippen LogP contribution in [0, 0.1) is 0 Å². The third-order valence-corrected chi connectivity index (χ3v) is 19.1. The Labute approximate surface area is 293 Å². The molecule has 1 fully saturated rings. The summed E-state index contributed by atoms with van der Waals surface area (Å²) in [5, 5.41) is 6.47. The van der Waals surface area contributed by atoms with Gasteiger partial charge in [-0.25, -0.2) is 0 Å². The normalized spacial score (nSPS) is 15.2. The summed E-state index contributed by atoms with van der Waals surface area (Å²) in [6, 6.07) is 16.0. The summed E-state index contributed by atoms with van der Waals surface area (Å²) in [5.41, 5.74) is 2.01. The summed E-state index contributed by atoms with van der Waals surface area (Å²) in [6.45, 7) is 29.9. The Morgan fingerprint density at radius 3 is 1.21 bits per heavy atom. The summed E-state index contributed by atoms with van der Waals surface area (Å²) < 4.78 is 12.7. The molecule has 2 aromatic rings. The zero-order valence-corrected chi connectivity index (χ0v) is 33.6. The van der Waals surface area contributed by atoms with E-state index in [1.807, 2.05) is 48.5 Å². The van der Waals surface area contributed by atoms with E-state index in [0.717, 1.165) is 74.7 Å². The SMILES string of the molecule is CC(C)(C)[Si](C)(C)Oc1ccc(CC(=O)NCCCN2CCN(CCCNC(=O)Cc3ccc(O[Si](C)(C)C(C)(C)C)cc3)CC2)cc1. The Morgan fingerprint density at radius 1 is 0.604 bits per heavy atom. The van der Waals surface area contributed by atoms with Crippen molar-refractivity contribution in [1.82, 2.24) is 20.4 Å². The predicted molar refractivity (Wildman–Crippen MR) is 204 cm³/mol. The van der Waals surface area contributed by atoms with Crippen LogP contribution in [0.5, 0.6) is 11.5 Å². The van der Waals surface area contributed by atoms with E-state index in [2.05, 4.69) is 88.2 Å². The van der Waals surface area contributed by atoms with Gasteiger partial charge in [0.15, 0.2) is 0 Å². The predicted octanol–water partition coefficient (Wildman–Crippen LogP) is 6.87. The van der Waals surface area contributed by atoms with Crippen LogP contribution >= 0.6 is 0 Å². The summed E-state index contributed by atoms with van der Waals surface area (Å²) in [6.07, 6.45) is 2.67. The molecule has 0 unspecified atom stereocenters. The van der Waals surface area contributed by atoms with Crippen molar-refractivity contribution in [1.29, 1.82) is 0 Å². The molecule has 2 aromatic carbocycles. The Kier molecular flexibility index (Phi) is 14.3. The number of hydrogen-bond donors (Lipinski definition) is 2. The first-order valence-corrected chi connectivity index (χ1v) is 23.7. The average Bonchev–Trinajstić information content (AvgIpc) is 2.99. The van der Waals surface area contributed by atoms with E-state index >= 15 is 0 Å². The van der Waals surface area contributed by atoms with Gasteiger partial charge in [0.1, 0.15) is 11.5 Å². The van der Waals surface area contributed by atoms with E-state index in [1.165, 1.54) is 0 Å². The number of carbonyl (C=O) groups is 2. The van der Waals surface area contributed by atoms with Gasteiger partial charge in [0.25, 0.3) is 0 Å². The molecule has 0 aliphatic carbocycles. The first kappa shape index (κ1) is 39.8. The molecule has 0 bridgehead atoms. The smallest absolute Gasteiger partial charge is 0.250 e. The zero-order chi connectivity index (χ0) is 35.6. The minimum Gasteiger partial charge on any atom is -0.544 e. The van der Waals surface area contributed by atoms with Gasteiger partial charge in [-0.1, -0.05) is 65.8 Å². The van der Waals surface area contributed by atoms with Crippen molar-refractivity contribution in [2.45, 2.75) is 103 Å². The molecule has 1 saturated heterocycles. The topological polar surface area (TPSA) is 83.1 Å². The van der Waals surface area contributed by atoms with Gasteiger partial charge in [0.05, 0.1) is 12.8 Å². The maximum atomic E-state index is 12.5. The quantitative estimate of drug-likeness (QED) is 0.147. The molecule has 48 heavy (non-hydrogen) atoms. The third-order valence-electron chi connectivity index (χ3n) is 10.3. The Bertz CT molecular complexity index is 1190. The standard InChI is InChI=1S/C38H64N4O4Si2/c1-37(2,3)47(7,8)45-33-17-13-31(14-18-33)29-35(43)39-21-11-23-41-25-27-42(28-26-41)24-12-22-40-36(44)30-32-15-19-34(20-16-32)46-48(9,10)38(4,5)6/h13-20H,11-12,21-30H2,1-10H3,(H,39,43)(H,40,44). The van der Waals surface area contributed by atoms with E-state index in [0.29, 0.717) is 25.9 Å². The van der Waals surface area contributed by atoms with Crippen LogP contribution in [0.3, 0.4) is 0 Å². The van der Waals surface area contributed by atoms with Crippen LogP contribution < -0.4 is 19.5 Å². The zero-order valence-electron chi connectivity index (χ0n) is 31.6. The van der Waals surface area contributed by atoms with Gasteiger partial charge in [-0.2, -0.15) is 0 Å². The Hall–Kier alpha value is -2.67. The average molecular weight is 697 g/mol. The first-order valence-electron chi connectivity index (χ1n) is 17.9. The third kappa shape index (κ3) is 13.0. The van der Waals surface area contributed by atoms with Gasteiger partial charge >= 0.3 is 0 Å². The number of amides is 2. The maximum Gasteiger partial charge on any atom is 0.250 e. The van der Waals surface area contributed by atoms with E-state index in [9.17, 15) is 9.59 Å². The van der Waals surface area contributed by atoms with E-state index in [4.69, 9.17) is 8.85 Å². The van der Waals surface area contributed by atoms with Gasteiger partial charge in [-0.15, -0.1) is 0 Å². The number of rotatable bonds is 16. The van der Waals surface area contributed by atoms with Crippen LogP contribution in [0.25, 0.3) is 0 Å². The minimum absolute atomic E-state index is 0.0644. The van der Waals surface area contributed by atoms with Crippen molar-refractivity contribution >= 4 is 28.4 Å². The number of benzene rings is 2. The summed E-state index contributed by atoms with van der Waals surface area (Å²) in [5.74, 6) is 1.90. The molecule has 2 amide bonds. The Balaban J connectivity index is 1.22. The second-order valence-electron chi connectivity index (χ2n) is 16.5. The molecule has 10 heteroatoms. The highest BCUT2D eigenvalue weighted by Crippen LogP contribution is 2.38. The summed E-state index contributed by atoms with van der Waals surface area (Å²) >= 11 is 0. The van der Waals surface area contributed by atoms with Crippen molar-refractivity contribution in [3.8, 4) is 11.5 Å². The first-order chi connectivity index (χ1) is 22.3. The number of piperazine rings is 1. The van der Waals surface area contributed by atoms with Crippen LogP contribution in [0.4, 0.5) is 0 Å². The highest BCUT2D eigenvalue weighted by atomic mass is 28.4. The summed E-state index contributed by atoms with van der Waals surface area (Å²) in [7, 11) is -3.74. The molecule has 0 atom stereocenters. The van der Waals surface area contributed by atoms with Gasteiger partial charge in [-0.05, 0) is 97.6 Å². The largest absolute Gasteiger partial charge is 0.544 e. The van der Waals surface area contributed by atoms with E-state index in [-0.39, 0.29) is 21.9 Å². The fourth-order valence-corrected chi connectivity index (χ4v) is 7.10. The van der Waals surface area contributed by atoms with Crippen LogP contribution in [-0.2, 0) is 22.4 Å². The maximum absolute atomic E-state index is 12.5. The lowest BCUT2D eigenvalue weighted by atomic mass is 10.1. The van der Waals surface area contributed by atoms with Crippen LogP contribution in [0.2, 0.25) is 36.3 Å². The molecule has 3 rings (SSSR count). The van der Waals surface area contributed by atoms with E-state index in [1.54, 1.807) is 0 Å². The molecule has 2 N–H and O–H groups in total. The highest BCUT2D eigenvalue weighted by molar-refractivity contribution is 6.75. The molecule has 0 aromatic heterocycles. The van der Waals surface area contributed by atoms with Gasteiger partial charge in [-0.3, -0.25) is 9.59 Å². The molecule has 8 nitrogen and oxygen atoms in total. The molecule has 0 radical (unpaired) electrons. The van der Waals surface area contributed by atoms with Crippen molar-refractivity contribution in [3.63, 3.8) is 0 Å². The lowest BCUT2D eigenvalue weighted by molar-refractivity contribution is -0.121. The summed E-state index contributed by atoms with van der Waals surface area (Å²) in [4.78, 5) is 30.0. The van der Waals surface area contributed by atoms with E-state index < -0.39 is 16.6 Å². The van der Waals surface area contributed by atoms with Gasteiger partial charge in [0.2, 0.25) is 28.4 Å². The van der Waals surface area contributed by atoms with Gasteiger partial charge < -0.3 is 29.3 Å². The number of nitrogens with one attached hydrogen (secondary N) is 2. The molecule has 1 heterocycles. The molecule has 0 spiro atoms. The second-order valence-corrected chi connectivity index (χ2v) is 25.9. The number of nitrogens with zero attached hydrogens (tertiary/aromatic N) is 2. The highest BCUT2D eigenvalue weighted by Gasteiger charge is 2.39. The molecule has 268 valence electrons. The van der Waals surface area contributed by atoms with Crippen molar-refractivity contribution in [3.05, 3.63) is 59.7 Å². The van der Waals surface area contributed by atoms with Crippen molar-refractivity contribution < 1.29 is 18.4 Å². The fraction of sp³-hybridized carbons (Fsp3) is 0.632. The molecule has 1 aliphatic rings. The van der Waals surface area contributed by atoms with Crippen molar-refractivity contribution in [2.24, 2.45) is 0 Å². The van der Waals surface area contributed by atoms with Crippen LogP contribution in [-0.4, -0.2) is 90.6 Å². The lowest BCUT2D eigenvalue weighted by Gasteiger charge is -2.36. The molecule has 0 saturated carbocycles. The Morgan fingerprint density at radius 2 is 0.917 bits per heavy atom. The molecular formula is C38H64N4O4Si2. The number of carbonyl (C=O) groups excluding carboxylic acids is 2. The fourth-order valence-electron chi connectivity index (χ4n) is 5.04. The minimum atomic E-state index is -1.87. The molecular weight excluding hydrogens is 633 g/mol.